The molecular weight excluding hydrogens is 392 g/mol. The van der Waals surface area contributed by atoms with E-state index in [2.05, 4.69) is 43.9 Å². The molecule has 0 saturated heterocycles. The molecule has 144 valence electrons. The van der Waals surface area contributed by atoms with Gasteiger partial charge in [-0.3, -0.25) is 14.5 Å². The standard InChI is InChI=1S/C21H32BrN2O2/c1-21(2,16-24(3,4)14-10-6-5-9-13-22)15-23-19(25)17-11-7-8-12-18(17)20(23)26/h7-8,11-12H,5-6,9-10,13-16H2,1-4H3/q+1. The van der Waals surface area contributed by atoms with Crippen LogP contribution >= 0.6 is 15.9 Å². The number of hydrogen-bond acceptors (Lipinski definition) is 2. The van der Waals surface area contributed by atoms with E-state index in [0.717, 1.165) is 22.9 Å². The SMILES string of the molecule is CC(C)(CN1C(=O)c2ccccc2C1=O)C[N+](C)(C)CCCCCCBr. The molecule has 1 aromatic carbocycles. The van der Waals surface area contributed by atoms with Crippen LogP contribution in [0.4, 0.5) is 0 Å². The molecule has 4 nitrogen and oxygen atoms in total. The van der Waals surface area contributed by atoms with Gasteiger partial charge in [-0.05, 0) is 31.4 Å². The Morgan fingerprint density at radius 3 is 2.04 bits per heavy atom. The number of hydrogen-bond donors (Lipinski definition) is 0. The van der Waals surface area contributed by atoms with Crippen LogP contribution in [0.3, 0.4) is 0 Å². The zero-order valence-corrected chi connectivity index (χ0v) is 18.1. The number of fused-ring (bicyclic) bond motifs is 1. The van der Waals surface area contributed by atoms with Crippen LogP contribution in [-0.2, 0) is 0 Å². The average Bonchev–Trinajstić information content (AvgIpc) is 2.79. The van der Waals surface area contributed by atoms with Crippen molar-refractivity contribution in [2.24, 2.45) is 5.41 Å². The number of halogens is 1. The van der Waals surface area contributed by atoms with Crippen LogP contribution in [-0.4, -0.2) is 60.3 Å². The summed E-state index contributed by atoms with van der Waals surface area (Å²) >= 11 is 3.48. The number of imide groups is 1. The Kier molecular flexibility index (Phi) is 7.03. The van der Waals surface area contributed by atoms with Gasteiger partial charge in [-0.2, -0.15) is 0 Å². The summed E-state index contributed by atoms with van der Waals surface area (Å²) in [5.41, 5.74) is 0.940. The number of benzene rings is 1. The minimum Gasteiger partial charge on any atom is -0.328 e. The first-order valence-corrected chi connectivity index (χ1v) is 10.6. The van der Waals surface area contributed by atoms with E-state index in [1.54, 1.807) is 12.1 Å². The van der Waals surface area contributed by atoms with E-state index in [1.165, 1.54) is 30.6 Å². The fourth-order valence-corrected chi connectivity index (χ4v) is 4.48. The molecule has 2 rings (SSSR count). The molecule has 0 radical (unpaired) electrons. The lowest BCUT2D eigenvalue weighted by Crippen LogP contribution is -2.51. The van der Waals surface area contributed by atoms with Crippen molar-refractivity contribution in [2.75, 3.05) is 39.1 Å². The highest BCUT2D eigenvalue weighted by Gasteiger charge is 2.40. The van der Waals surface area contributed by atoms with E-state index in [1.807, 2.05) is 12.1 Å². The molecule has 1 aromatic rings. The number of unbranched alkanes of at least 4 members (excludes halogenated alkanes) is 3. The molecule has 2 amide bonds. The largest absolute Gasteiger partial charge is 0.328 e. The van der Waals surface area contributed by atoms with Gasteiger partial charge in [0.15, 0.2) is 0 Å². The highest BCUT2D eigenvalue weighted by atomic mass is 79.9. The molecule has 0 fully saturated rings. The van der Waals surface area contributed by atoms with E-state index < -0.39 is 0 Å². The summed E-state index contributed by atoms with van der Waals surface area (Å²) in [5, 5.41) is 1.08. The minimum absolute atomic E-state index is 0.132. The highest BCUT2D eigenvalue weighted by Crippen LogP contribution is 2.28. The molecule has 1 aliphatic rings. The van der Waals surface area contributed by atoms with Crippen molar-refractivity contribution in [3.05, 3.63) is 35.4 Å². The summed E-state index contributed by atoms with van der Waals surface area (Å²) in [6.07, 6.45) is 4.97. The summed E-state index contributed by atoms with van der Waals surface area (Å²) in [7, 11) is 4.49. The predicted molar refractivity (Wildman–Crippen MR) is 110 cm³/mol. The van der Waals surface area contributed by atoms with Crippen LogP contribution in [0.15, 0.2) is 24.3 Å². The maximum atomic E-state index is 12.6. The van der Waals surface area contributed by atoms with Gasteiger partial charge in [0.2, 0.25) is 0 Å². The van der Waals surface area contributed by atoms with Gasteiger partial charge in [0, 0.05) is 17.3 Å². The third-order valence-electron chi connectivity index (χ3n) is 4.97. The van der Waals surface area contributed by atoms with E-state index in [4.69, 9.17) is 0 Å². The maximum absolute atomic E-state index is 12.6. The van der Waals surface area contributed by atoms with Crippen molar-refractivity contribution in [1.82, 2.24) is 4.90 Å². The van der Waals surface area contributed by atoms with Gasteiger partial charge in [0.05, 0.1) is 38.3 Å². The van der Waals surface area contributed by atoms with E-state index in [9.17, 15) is 9.59 Å². The fourth-order valence-electron chi connectivity index (χ4n) is 4.09. The van der Waals surface area contributed by atoms with Crippen molar-refractivity contribution in [3.63, 3.8) is 0 Å². The maximum Gasteiger partial charge on any atom is 0.261 e. The lowest BCUT2D eigenvalue weighted by atomic mass is 9.91. The van der Waals surface area contributed by atoms with E-state index in [0.29, 0.717) is 17.7 Å². The Bertz CT molecular complexity index is 620. The Morgan fingerprint density at radius 2 is 1.50 bits per heavy atom. The second-order valence-corrected chi connectivity index (χ2v) is 9.62. The van der Waals surface area contributed by atoms with E-state index in [-0.39, 0.29) is 17.2 Å². The Balaban J connectivity index is 1.94. The highest BCUT2D eigenvalue weighted by molar-refractivity contribution is 9.09. The molecule has 0 saturated carbocycles. The molecule has 0 aromatic heterocycles. The van der Waals surface area contributed by atoms with Gasteiger partial charge in [0.25, 0.3) is 11.8 Å². The summed E-state index contributed by atoms with van der Waals surface area (Å²) < 4.78 is 0.907. The summed E-state index contributed by atoms with van der Waals surface area (Å²) in [4.78, 5) is 26.7. The molecule has 5 heteroatoms. The smallest absolute Gasteiger partial charge is 0.261 e. The molecular formula is C21H32BrN2O2+. The average molecular weight is 424 g/mol. The van der Waals surface area contributed by atoms with Gasteiger partial charge in [-0.15, -0.1) is 0 Å². The molecule has 0 atom stereocenters. The molecule has 0 bridgehead atoms. The number of quaternary nitrogens is 1. The van der Waals surface area contributed by atoms with Crippen LogP contribution in [0.1, 0.15) is 60.2 Å². The fraction of sp³-hybridized carbons (Fsp3) is 0.619. The van der Waals surface area contributed by atoms with Gasteiger partial charge in [-0.25, -0.2) is 0 Å². The molecule has 0 N–H and O–H groups in total. The van der Waals surface area contributed by atoms with Crippen molar-refractivity contribution in [1.29, 1.82) is 0 Å². The minimum atomic E-state index is -0.154. The Morgan fingerprint density at radius 1 is 0.962 bits per heavy atom. The molecule has 0 spiro atoms. The topological polar surface area (TPSA) is 37.4 Å². The molecule has 1 aliphatic heterocycles. The zero-order valence-electron chi connectivity index (χ0n) is 16.6. The third kappa shape index (κ3) is 5.40. The van der Waals surface area contributed by atoms with E-state index >= 15 is 0 Å². The number of rotatable bonds is 10. The first kappa shape index (κ1) is 21.1. The van der Waals surface area contributed by atoms with Gasteiger partial charge < -0.3 is 4.48 Å². The van der Waals surface area contributed by atoms with Crippen LogP contribution in [0.25, 0.3) is 0 Å². The normalized spacial score (nSPS) is 14.9. The Labute approximate surface area is 166 Å². The Hall–Kier alpha value is -1.20. The van der Waals surface area contributed by atoms with Gasteiger partial charge >= 0.3 is 0 Å². The number of carbonyl (C=O) groups is 2. The van der Waals surface area contributed by atoms with Crippen molar-refractivity contribution in [2.45, 2.75) is 39.5 Å². The molecule has 26 heavy (non-hydrogen) atoms. The second kappa shape index (κ2) is 8.66. The lowest BCUT2D eigenvalue weighted by molar-refractivity contribution is -0.896. The second-order valence-electron chi connectivity index (χ2n) is 8.83. The number of alkyl halides is 1. The van der Waals surface area contributed by atoms with Crippen molar-refractivity contribution < 1.29 is 14.1 Å². The van der Waals surface area contributed by atoms with Crippen LogP contribution < -0.4 is 0 Å². The molecule has 0 unspecified atom stereocenters. The lowest BCUT2D eigenvalue weighted by Gasteiger charge is -2.39. The molecule has 0 aliphatic carbocycles. The van der Waals surface area contributed by atoms with Crippen LogP contribution in [0, 0.1) is 5.41 Å². The zero-order chi connectivity index (χ0) is 19.4. The summed E-state index contributed by atoms with van der Waals surface area (Å²) in [6, 6.07) is 7.12. The van der Waals surface area contributed by atoms with Gasteiger partial charge in [0.1, 0.15) is 0 Å². The van der Waals surface area contributed by atoms with Crippen molar-refractivity contribution >= 4 is 27.7 Å². The third-order valence-corrected chi connectivity index (χ3v) is 5.53. The number of nitrogens with zero attached hydrogens (tertiary/aromatic N) is 2. The molecule has 1 heterocycles. The predicted octanol–water partition coefficient (Wildman–Crippen LogP) is 4.34. The number of amides is 2. The first-order chi connectivity index (χ1) is 12.2. The monoisotopic (exact) mass is 423 g/mol. The van der Waals surface area contributed by atoms with Gasteiger partial charge in [-0.1, -0.05) is 48.3 Å². The first-order valence-electron chi connectivity index (χ1n) is 9.50. The van der Waals surface area contributed by atoms with Crippen molar-refractivity contribution in [3.8, 4) is 0 Å². The van der Waals surface area contributed by atoms with Crippen LogP contribution in [0.5, 0.6) is 0 Å². The van der Waals surface area contributed by atoms with Crippen LogP contribution in [0.2, 0.25) is 0 Å². The summed E-state index contributed by atoms with van der Waals surface area (Å²) in [6.45, 7) is 6.82. The number of carbonyl (C=O) groups excluding carboxylic acids is 2. The quantitative estimate of drug-likeness (QED) is 0.243. The summed E-state index contributed by atoms with van der Waals surface area (Å²) in [5.74, 6) is -0.308.